The Kier molecular flexibility index (Phi) is 15.6. The molecular weight excluding hydrogens is 300 g/mol. The predicted octanol–water partition coefficient (Wildman–Crippen LogP) is 6.17. The van der Waals surface area contributed by atoms with Crippen LogP contribution in [0.1, 0.15) is 117 Å². The molecule has 0 rings (SSSR count). The quantitative estimate of drug-likeness (QED) is 0.254. The molecule has 0 spiro atoms. The Hall–Kier alpha value is -0.570. The summed E-state index contributed by atoms with van der Waals surface area (Å²) in [7, 11) is 0. The van der Waals surface area contributed by atoms with Crippen LogP contribution in [0, 0.1) is 0 Å². The van der Waals surface area contributed by atoms with Gasteiger partial charge in [0.15, 0.2) is 5.60 Å². The van der Waals surface area contributed by atoms with Crippen molar-refractivity contribution >= 4 is 5.97 Å². The molecule has 0 saturated heterocycles. The Balaban J connectivity index is 3.57. The molecule has 1 atom stereocenters. The van der Waals surface area contributed by atoms with Gasteiger partial charge in [-0.2, -0.15) is 0 Å². The van der Waals surface area contributed by atoms with Crippen LogP contribution in [-0.2, 0) is 9.53 Å². The summed E-state index contributed by atoms with van der Waals surface area (Å²) in [6.07, 6.45) is 17.2. The van der Waals surface area contributed by atoms with Crippen molar-refractivity contribution in [2.45, 2.75) is 123 Å². The summed E-state index contributed by atoms with van der Waals surface area (Å²) in [6.45, 7) is 6.47. The van der Waals surface area contributed by atoms with Crippen LogP contribution in [0.2, 0.25) is 0 Å². The van der Waals surface area contributed by atoms with Crippen molar-refractivity contribution in [1.82, 2.24) is 0 Å². The molecule has 0 aliphatic heterocycles. The molecular formula is C21H42O3. The van der Waals surface area contributed by atoms with E-state index in [0.717, 1.165) is 25.7 Å². The highest BCUT2D eigenvalue weighted by Crippen LogP contribution is 2.18. The van der Waals surface area contributed by atoms with E-state index in [1.165, 1.54) is 64.2 Å². The summed E-state index contributed by atoms with van der Waals surface area (Å²) in [5.41, 5.74) is -1.32. The minimum absolute atomic E-state index is 0.443. The minimum Gasteiger partial charge on any atom is -0.464 e. The summed E-state index contributed by atoms with van der Waals surface area (Å²) in [5, 5.41) is 10.3. The van der Waals surface area contributed by atoms with Gasteiger partial charge in [-0.1, -0.05) is 90.9 Å². The van der Waals surface area contributed by atoms with Gasteiger partial charge >= 0.3 is 5.97 Å². The van der Waals surface area contributed by atoms with Gasteiger partial charge in [0.1, 0.15) is 0 Å². The second-order valence-corrected chi connectivity index (χ2v) is 7.40. The lowest BCUT2D eigenvalue weighted by Gasteiger charge is -2.21. The molecule has 0 aliphatic rings. The van der Waals surface area contributed by atoms with Gasteiger partial charge < -0.3 is 9.84 Å². The SMILES string of the molecule is CCCCCCCCCCC(C)(O)C(=O)OCCCCCCCC. The Morgan fingerprint density at radius 1 is 0.750 bits per heavy atom. The second-order valence-electron chi connectivity index (χ2n) is 7.40. The lowest BCUT2D eigenvalue weighted by Crippen LogP contribution is -2.37. The maximum Gasteiger partial charge on any atom is 0.337 e. The monoisotopic (exact) mass is 342 g/mol. The lowest BCUT2D eigenvalue weighted by atomic mass is 9.97. The van der Waals surface area contributed by atoms with Crippen molar-refractivity contribution in [3.63, 3.8) is 0 Å². The fourth-order valence-electron chi connectivity index (χ4n) is 2.91. The summed E-state index contributed by atoms with van der Waals surface area (Å²) >= 11 is 0. The van der Waals surface area contributed by atoms with Gasteiger partial charge in [-0.05, 0) is 26.2 Å². The summed E-state index contributed by atoms with van der Waals surface area (Å²) in [4.78, 5) is 12.0. The van der Waals surface area contributed by atoms with Crippen molar-refractivity contribution in [1.29, 1.82) is 0 Å². The third kappa shape index (κ3) is 13.8. The summed E-state index contributed by atoms with van der Waals surface area (Å²) < 4.78 is 5.25. The Labute approximate surface area is 150 Å². The van der Waals surface area contributed by atoms with E-state index in [0.29, 0.717) is 13.0 Å². The first-order valence-corrected chi connectivity index (χ1v) is 10.4. The average Bonchev–Trinajstić information content (AvgIpc) is 2.56. The van der Waals surface area contributed by atoms with Crippen LogP contribution < -0.4 is 0 Å². The highest BCUT2D eigenvalue weighted by atomic mass is 16.5. The van der Waals surface area contributed by atoms with E-state index < -0.39 is 11.6 Å². The molecule has 0 aromatic heterocycles. The second kappa shape index (κ2) is 15.9. The van der Waals surface area contributed by atoms with Gasteiger partial charge in [0.2, 0.25) is 0 Å². The molecule has 144 valence electrons. The van der Waals surface area contributed by atoms with E-state index in [9.17, 15) is 9.90 Å². The molecule has 3 nitrogen and oxygen atoms in total. The molecule has 0 amide bonds. The van der Waals surface area contributed by atoms with E-state index in [2.05, 4.69) is 13.8 Å². The van der Waals surface area contributed by atoms with Crippen LogP contribution in [0.4, 0.5) is 0 Å². The molecule has 3 heteroatoms. The minimum atomic E-state index is -1.32. The van der Waals surface area contributed by atoms with Gasteiger partial charge in [0.05, 0.1) is 6.61 Å². The van der Waals surface area contributed by atoms with Crippen LogP contribution >= 0.6 is 0 Å². The number of carbonyl (C=O) groups excluding carboxylic acids is 1. The van der Waals surface area contributed by atoms with Crippen molar-refractivity contribution < 1.29 is 14.6 Å². The number of aliphatic hydroxyl groups is 1. The number of esters is 1. The third-order valence-electron chi connectivity index (χ3n) is 4.69. The molecule has 1 N–H and O–H groups in total. The number of carbonyl (C=O) groups is 1. The van der Waals surface area contributed by atoms with E-state index in [-0.39, 0.29) is 0 Å². The Morgan fingerprint density at radius 2 is 1.17 bits per heavy atom. The van der Waals surface area contributed by atoms with E-state index in [1.807, 2.05) is 0 Å². The Bertz CT molecular complexity index is 287. The van der Waals surface area contributed by atoms with Crippen molar-refractivity contribution in [2.24, 2.45) is 0 Å². The molecule has 0 aromatic rings. The van der Waals surface area contributed by atoms with Gasteiger partial charge in [-0.3, -0.25) is 0 Å². The largest absolute Gasteiger partial charge is 0.464 e. The molecule has 0 saturated carbocycles. The first-order valence-electron chi connectivity index (χ1n) is 10.4. The van der Waals surface area contributed by atoms with Crippen LogP contribution in [0.3, 0.4) is 0 Å². The highest BCUT2D eigenvalue weighted by Gasteiger charge is 2.31. The van der Waals surface area contributed by atoms with Crippen molar-refractivity contribution in [2.75, 3.05) is 6.61 Å². The van der Waals surface area contributed by atoms with Crippen LogP contribution in [0.25, 0.3) is 0 Å². The molecule has 0 aliphatic carbocycles. The molecule has 0 aromatic carbocycles. The van der Waals surface area contributed by atoms with Crippen LogP contribution in [0.5, 0.6) is 0 Å². The molecule has 24 heavy (non-hydrogen) atoms. The predicted molar refractivity (Wildman–Crippen MR) is 102 cm³/mol. The summed E-state index contributed by atoms with van der Waals surface area (Å²) in [5.74, 6) is -0.445. The molecule has 0 heterocycles. The van der Waals surface area contributed by atoms with E-state index >= 15 is 0 Å². The topological polar surface area (TPSA) is 46.5 Å². The highest BCUT2D eigenvalue weighted by molar-refractivity contribution is 5.78. The van der Waals surface area contributed by atoms with Gasteiger partial charge in [-0.25, -0.2) is 4.79 Å². The summed E-state index contributed by atoms with van der Waals surface area (Å²) in [6, 6.07) is 0. The average molecular weight is 343 g/mol. The fourth-order valence-corrected chi connectivity index (χ4v) is 2.91. The zero-order valence-corrected chi connectivity index (χ0v) is 16.6. The number of hydrogen-bond acceptors (Lipinski definition) is 3. The Morgan fingerprint density at radius 3 is 1.67 bits per heavy atom. The number of hydrogen-bond donors (Lipinski definition) is 1. The first kappa shape index (κ1) is 23.4. The van der Waals surface area contributed by atoms with Gasteiger partial charge in [-0.15, -0.1) is 0 Å². The smallest absolute Gasteiger partial charge is 0.337 e. The fraction of sp³-hybridized carbons (Fsp3) is 0.952. The zero-order chi connectivity index (χ0) is 18.1. The molecule has 1 unspecified atom stereocenters. The molecule has 0 fully saturated rings. The molecule has 0 bridgehead atoms. The normalized spacial score (nSPS) is 13.7. The van der Waals surface area contributed by atoms with E-state index in [4.69, 9.17) is 4.74 Å². The van der Waals surface area contributed by atoms with Crippen LogP contribution in [-0.4, -0.2) is 23.3 Å². The standard InChI is InChI=1S/C21H42O3/c1-4-6-8-10-12-13-14-16-18-21(3,23)20(22)24-19-17-15-11-9-7-5-2/h23H,4-19H2,1-3H3. The van der Waals surface area contributed by atoms with Gasteiger partial charge in [0, 0.05) is 0 Å². The maximum absolute atomic E-state index is 12.0. The third-order valence-corrected chi connectivity index (χ3v) is 4.69. The number of unbranched alkanes of at least 4 members (excludes halogenated alkanes) is 12. The lowest BCUT2D eigenvalue weighted by molar-refractivity contribution is -0.164. The van der Waals surface area contributed by atoms with Crippen LogP contribution in [0.15, 0.2) is 0 Å². The number of ether oxygens (including phenoxy) is 1. The first-order chi connectivity index (χ1) is 11.5. The van der Waals surface area contributed by atoms with Gasteiger partial charge in [0.25, 0.3) is 0 Å². The van der Waals surface area contributed by atoms with E-state index in [1.54, 1.807) is 6.92 Å². The molecule has 0 radical (unpaired) electrons. The van der Waals surface area contributed by atoms with Crippen molar-refractivity contribution in [3.05, 3.63) is 0 Å². The maximum atomic E-state index is 12.0. The van der Waals surface area contributed by atoms with Crippen molar-refractivity contribution in [3.8, 4) is 0 Å². The number of rotatable bonds is 17. The zero-order valence-electron chi connectivity index (χ0n) is 16.6.